The zero-order chi connectivity index (χ0) is 18.0. The van der Waals surface area contributed by atoms with Crippen molar-refractivity contribution in [2.24, 2.45) is 0 Å². The number of anilines is 1. The zero-order valence-electron chi connectivity index (χ0n) is 13.2. The fourth-order valence-corrected chi connectivity index (χ4v) is 3.38. The molecule has 0 saturated heterocycles. The standard InChI is InChI=1S/C18H14BrCl2N3O/c1-11(12-6-3-2-4-7-12)23-15-10-22-24(18(25)16(15)19)17-13(20)8-5-9-14(17)21/h2-11,23H,1H3/t11-/m1/s1. The lowest BCUT2D eigenvalue weighted by Crippen LogP contribution is -2.24. The molecule has 3 rings (SSSR count). The van der Waals surface area contributed by atoms with Crippen LogP contribution in [-0.4, -0.2) is 9.78 Å². The molecule has 1 atom stereocenters. The largest absolute Gasteiger partial charge is 0.376 e. The smallest absolute Gasteiger partial charge is 0.288 e. The highest BCUT2D eigenvalue weighted by molar-refractivity contribution is 9.10. The zero-order valence-corrected chi connectivity index (χ0v) is 16.3. The Labute approximate surface area is 163 Å². The third kappa shape index (κ3) is 3.73. The topological polar surface area (TPSA) is 46.9 Å². The van der Waals surface area contributed by atoms with Gasteiger partial charge in [0.1, 0.15) is 10.2 Å². The number of rotatable bonds is 4. The van der Waals surface area contributed by atoms with Gasteiger partial charge in [0, 0.05) is 6.04 Å². The van der Waals surface area contributed by atoms with Crippen molar-refractivity contribution in [2.75, 3.05) is 5.32 Å². The number of aromatic nitrogens is 2. The number of benzene rings is 2. The van der Waals surface area contributed by atoms with E-state index in [1.54, 1.807) is 24.4 Å². The molecule has 1 N–H and O–H groups in total. The van der Waals surface area contributed by atoms with Gasteiger partial charge < -0.3 is 5.32 Å². The Balaban J connectivity index is 1.98. The summed E-state index contributed by atoms with van der Waals surface area (Å²) < 4.78 is 1.55. The summed E-state index contributed by atoms with van der Waals surface area (Å²) in [5, 5.41) is 8.22. The van der Waals surface area contributed by atoms with Crippen LogP contribution in [0.25, 0.3) is 5.69 Å². The number of hydrogen-bond acceptors (Lipinski definition) is 3. The van der Waals surface area contributed by atoms with Gasteiger partial charge in [-0.1, -0.05) is 59.6 Å². The van der Waals surface area contributed by atoms with E-state index in [0.717, 1.165) is 5.56 Å². The number of para-hydroxylation sites is 1. The van der Waals surface area contributed by atoms with Crippen LogP contribution >= 0.6 is 39.1 Å². The summed E-state index contributed by atoms with van der Waals surface area (Å²) in [4.78, 5) is 12.7. The van der Waals surface area contributed by atoms with Gasteiger partial charge in [-0.25, -0.2) is 0 Å². The molecule has 4 nitrogen and oxygen atoms in total. The van der Waals surface area contributed by atoms with Crippen LogP contribution in [0, 0.1) is 0 Å². The first-order valence-electron chi connectivity index (χ1n) is 7.52. The Morgan fingerprint density at radius 2 is 1.72 bits per heavy atom. The lowest BCUT2D eigenvalue weighted by atomic mass is 10.1. The van der Waals surface area contributed by atoms with Gasteiger partial charge >= 0.3 is 0 Å². The molecule has 0 aliphatic heterocycles. The molecule has 128 valence electrons. The maximum absolute atomic E-state index is 12.7. The molecule has 1 aromatic heterocycles. The minimum absolute atomic E-state index is 0.0125. The van der Waals surface area contributed by atoms with Gasteiger partial charge in [-0.15, -0.1) is 0 Å². The van der Waals surface area contributed by atoms with Crippen LogP contribution in [0.1, 0.15) is 18.5 Å². The van der Waals surface area contributed by atoms with E-state index >= 15 is 0 Å². The molecule has 0 spiro atoms. The molecule has 0 bridgehead atoms. The molecule has 3 aromatic rings. The van der Waals surface area contributed by atoms with Crippen molar-refractivity contribution in [1.82, 2.24) is 9.78 Å². The highest BCUT2D eigenvalue weighted by Gasteiger charge is 2.16. The molecular weight excluding hydrogens is 425 g/mol. The first-order chi connectivity index (χ1) is 12.0. The molecule has 7 heteroatoms. The first-order valence-corrected chi connectivity index (χ1v) is 9.07. The van der Waals surface area contributed by atoms with E-state index < -0.39 is 0 Å². The molecule has 25 heavy (non-hydrogen) atoms. The van der Waals surface area contributed by atoms with E-state index in [1.807, 2.05) is 37.3 Å². The SMILES string of the molecule is C[C@@H](Nc1cnn(-c2c(Cl)cccc2Cl)c(=O)c1Br)c1ccccc1. The molecule has 2 aromatic carbocycles. The van der Waals surface area contributed by atoms with E-state index in [2.05, 4.69) is 26.3 Å². The van der Waals surface area contributed by atoms with E-state index in [4.69, 9.17) is 23.2 Å². The molecule has 0 saturated carbocycles. The predicted molar refractivity (Wildman–Crippen MR) is 106 cm³/mol. The maximum atomic E-state index is 12.7. The summed E-state index contributed by atoms with van der Waals surface area (Å²) in [6, 6.07) is 15.0. The van der Waals surface area contributed by atoms with Crippen LogP contribution in [0.2, 0.25) is 10.0 Å². The highest BCUT2D eigenvalue weighted by atomic mass is 79.9. The Morgan fingerprint density at radius 3 is 2.36 bits per heavy atom. The van der Waals surface area contributed by atoms with Crippen LogP contribution in [0.3, 0.4) is 0 Å². The molecule has 1 heterocycles. The second-order valence-electron chi connectivity index (χ2n) is 5.44. The number of nitrogens with zero attached hydrogens (tertiary/aromatic N) is 2. The van der Waals surface area contributed by atoms with E-state index in [-0.39, 0.29) is 11.6 Å². The van der Waals surface area contributed by atoms with Crippen molar-refractivity contribution in [1.29, 1.82) is 0 Å². The molecule has 0 fully saturated rings. The van der Waals surface area contributed by atoms with Gasteiger partial charge in [-0.3, -0.25) is 4.79 Å². The fourth-order valence-electron chi connectivity index (χ4n) is 2.44. The lowest BCUT2D eigenvalue weighted by Gasteiger charge is -2.17. The Bertz CT molecular complexity index is 940. The Morgan fingerprint density at radius 1 is 1.08 bits per heavy atom. The van der Waals surface area contributed by atoms with Crippen LogP contribution in [0.15, 0.2) is 64.0 Å². The summed E-state index contributed by atoms with van der Waals surface area (Å²) in [5.74, 6) is 0. The summed E-state index contributed by atoms with van der Waals surface area (Å²) in [7, 11) is 0. The minimum Gasteiger partial charge on any atom is -0.376 e. The summed E-state index contributed by atoms with van der Waals surface area (Å²) in [6.45, 7) is 2.01. The van der Waals surface area contributed by atoms with Crippen LogP contribution in [-0.2, 0) is 0 Å². The number of halogens is 3. The van der Waals surface area contributed by atoms with Gasteiger partial charge in [0.05, 0.1) is 21.9 Å². The average molecular weight is 439 g/mol. The molecule has 0 aliphatic carbocycles. The van der Waals surface area contributed by atoms with Crippen LogP contribution in [0.5, 0.6) is 0 Å². The second-order valence-corrected chi connectivity index (χ2v) is 7.04. The van der Waals surface area contributed by atoms with Gasteiger partial charge in [0.15, 0.2) is 0 Å². The van der Waals surface area contributed by atoms with Crippen molar-refractivity contribution < 1.29 is 0 Å². The van der Waals surface area contributed by atoms with E-state index in [0.29, 0.717) is 25.9 Å². The fraction of sp³-hybridized carbons (Fsp3) is 0.111. The molecule has 0 amide bonds. The van der Waals surface area contributed by atoms with E-state index in [9.17, 15) is 4.79 Å². The number of nitrogens with one attached hydrogen (secondary N) is 1. The summed E-state index contributed by atoms with van der Waals surface area (Å²) in [6.07, 6.45) is 1.57. The first kappa shape index (κ1) is 18.0. The van der Waals surface area contributed by atoms with Crippen molar-refractivity contribution >= 4 is 44.8 Å². The third-order valence-electron chi connectivity index (χ3n) is 3.74. The molecule has 0 unspecified atom stereocenters. The van der Waals surface area contributed by atoms with Crippen molar-refractivity contribution in [3.8, 4) is 5.69 Å². The molecular formula is C18H14BrCl2N3O. The molecule has 0 radical (unpaired) electrons. The van der Waals surface area contributed by atoms with Crippen molar-refractivity contribution in [3.05, 3.63) is 85.2 Å². The Hall–Kier alpha value is -1.82. The minimum atomic E-state index is -0.347. The van der Waals surface area contributed by atoms with Gasteiger partial charge in [0.25, 0.3) is 5.56 Å². The third-order valence-corrected chi connectivity index (χ3v) is 5.12. The van der Waals surface area contributed by atoms with Crippen molar-refractivity contribution in [3.63, 3.8) is 0 Å². The highest BCUT2D eigenvalue weighted by Crippen LogP contribution is 2.28. The van der Waals surface area contributed by atoms with Gasteiger partial charge in [-0.05, 0) is 40.5 Å². The predicted octanol–water partition coefficient (Wildman–Crippen LogP) is 5.47. The summed E-state index contributed by atoms with van der Waals surface area (Å²) in [5.41, 5.74) is 1.72. The maximum Gasteiger partial charge on any atom is 0.288 e. The quantitative estimate of drug-likeness (QED) is 0.586. The average Bonchev–Trinajstić information content (AvgIpc) is 2.61. The van der Waals surface area contributed by atoms with Crippen LogP contribution in [0.4, 0.5) is 5.69 Å². The van der Waals surface area contributed by atoms with Gasteiger partial charge in [0.2, 0.25) is 0 Å². The number of hydrogen-bond donors (Lipinski definition) is 1. The lowest BCUT2D eigenvalue weighted by molar-refractivity contribution is 0.793. The monoisotopic (exact) mass is 437 g/mol. The normalized spacial score (nSPS) is 12.0. The molecule has 0 aliphatic rings. The Kier molecular flexibility index (Phi) is 5.47. The van der Waals surface area contributed by atoms with Crippen molar-refractivity contribution in [2.45, 2.75) is 13.0 Å². The second kappa shape index (κ2) is 7.60. The summed E-state index contributed by atoms with van der Waals surface area (Å²) >= 11 is 15.7. The van der Waals surface area contributed by atoms with E-state index in [1.165, 1.54) is 4.68 Å². The van der Waals surface area contributed by atoms with Gasteiger partial charge in [-0.2, -0.15) is 9.78 Å². The van der Waals surface area contributed by atoms with Crippen LogP contribution < -0.4 is 10.9 Å².